The number of hydrogen-bond donors (Lipinski definition) is 0. The maximum atomic E-state index is 13.0. The number of amides is 1. The Morgan fingerprint density at radius 1 is 1.21 bits per heavy atom. The molecule has 1 aliphatic carbocycles. The van der Waals surface area contributed by atoms with Crippen LogP contribution in [-0.4, -0.2) is 36.3 Å². The minimum atomic E-state index is -4.42. The molecule has 0 aromatic heterocycles. The fourth-order valence-corrected chi connectivity index (χ4v) is 4.68. The van der Waals surface area contributed by atoms with Gasteiger partial charge in [-0.2, -0.15) is 13.2 Å². The number of likely N-dealkylation sites (tertiary alicyclic amines) is 1. The number of alkyl halides is 3. The highest BCUT2D eigenvalue weighted by Gasteiger charge is 2.46. The number of benzene rings is 1. The van der Waals surface area contributed by atoms with Crippen molar-refractivity contribution in [2.24, 2.45) is 11.3 Å². The number of carbonyl (C=O) groups is 1. The van der Waals surface area contributed by atoms with Crippen LogP contribution in [0.3, 0.4) is 0 Å². The Morgan fingerprint density at radius 2 is 1.83 bits per heavy atom. The minimum absolute atomic E-state index is 0.0108. The standard InChI is InChI=1S/C21H27BrF3NO3/c1-19(2,3)29-18(27)26-8-6-20(7-9-26)11-14(12-20)13-28-15-4-5-17(22)16(10-15)21(23,24)25/h4-5,10,14H,6-9,11-13H2,1-3H3. The molecular weight excluding hydrogens is 451 g/mol. The molecule has 0 atom stereocenters. The van der Waals surface area contributed by atoms with Crippen molar-refractivity contribution in [2.75, 3.05) is 19.7 Å². The van der Waals surface area contributed by atoms with Gasteiger partial charge in [0.05, 0.1) is 12.2 Å². The maximum Gasteiger partial charge on any atom is 0.417 e. The molecule has 1 spiro atoms. The van der Waals surface area contributed by atoms with Crippen molar-refractivity contribution in [2.45, 2.75) is 58.2 Å². The Bertz CT molecular complexity index is 745. The summed E-state index contributed by atoms with van der Waals surface area (Å²) in [4.78, 5) is 13.9. The Labute approximate surface area is 177 Å². The SMILES string of the molecule is CC(C)(C)OC(=O)N1CCC2(CC1)CC(COc1ccc(Br)c(C(F)(F)F)c1)C2. The van der Waals surface area contributed by atoms with Crippen LogP contribution in [0.15, 0.2) is 22.7 Å². The largest absolute Gasteiger partial charge is 0.493 e. The summed E-state index contributed by atoms with van der Waals surface area (Å²) in [6.45, 7) is 7.35. The van der Waals surface area contributed by atoms with Crippen LogP contribution in [-0.2, 0) is 10.9 Å². The third kappa shape index (κ3) is 5.58. The summed E-state index contributed by atoms with van der Waals surface area (Å²) in [7, 11) is 0. The van der Waals surface area contributed by atoms with Gasteiger partial charge in [0, 0.05) is 17.6 Å². The topological polar surface area (TPSA) is 38.8 Å². The van der Waals surface area contributed by atoms with E-state index in [9.17, 15) is 18.0 Å². The molecule has 0 unspecified atom stereocenters. The molecule has 2 aliphatic rings. The van der Waals surface area contributed by atoms with Crippen LogP contribution in [0.5, 0.6) is 5.75 Å². The smallest absolute Gasteiger partial charge is 0.417 e. The van der Waals surface area contributed by atoms with E-state index in [1.165, 1.54) is 6.07 Å². The fourth-order valence-electron chi connectivity index (χ4n) is 4.21. The summed E-state index contributed by atoms with van der Waals surface area (Å²) in [6.07, 6.45) is -0.850. The van der Waals surface area contributed by atoms with Gasteiger partial charge in [-0.05, 0) is 76.0 Å². The van der Waals surface area contributed by atoms with E-state index in [1.54, 1.807) is 11.0 Å². The van der Waals surface area contributed by atoms with Gasteiger partial charge >= 0.3 is 12.3 Å². The molecule has 8 heteroatoms. The number of hydrogen-bond acceptors (Lipinski definition) is 3. The highest BCUT2D eigenvalue weighted by molar-refractivity contribution is 9.10. The monoisotopic (exact) mass is 477 g/mol. The van der Waals surface area contributed by atoms with Crippen molar-refractivity contribution in [1.82, 2.24) is 4.90 Å². The van der Waals surface area contributed by atoms with Gasteiger partial charge < -0.3 is 14.4 Å². The van der Waals surface area contributed by atoms with Gasteiger partial charge in [0.2, 0.25) is 0 Å². The van der Waals surface area contributed by atoms with Crippen molar-refractivity contribution in [3.8, 4) is 5.75 Å². The number of piperidine rings is 1. The quantitative estimate of drug-likeness (QED) is 0.514. The summed E-state index contributed by atoms with van der Waals surface area (Å²) in [5.74, 6) is 0.572. The van der Waals surface area contributed by atoms with Gasteiger partial charge in [-0.25, -0.2) is 4.79 Å². The van der Waals surface area contributed by atoms with Gasteiger partial charge in [-0.3, -0.25) is 0 Å². The molecule has 0 N–H and O–H groups in total. The van der Waals surface area contributed by atoms with Gasteiger partial charge in [0.25, 0.3) is 0 Å². The predicted octanol–water partition coefficient (Wildman–Crippen LogP) is 6.27. The third-order valence-electron chi connectivity index (χ3n) is 5.65. The van der Waals surface area contributed by atoms with Crippen LogP contribution in [0.4, 0.5) is 18.0 Å². The van der Waals surface area contributed by atoms with Crippen LogP contribution < -0.4 is 4.74 Å². The molecule has 3 rings (SSSR count). The van der Waals surface area contributed by atoms with Gasteiger partial charge in [-0.1, -0.05) is 15.9 Å². The Balaban J connectivity index is 1.45. The van der Waals surface area contributed by atoms with E-state index >= 15 is 0 Å². The van der Waals surface area contributed by atoms with E-state index in [0.29, 0.717) is 25.6 Å². The second kappa shape index (κ2) is 8.00. The molecular formula is C21H27BrF3NO3. The molecule has 0 radical (unpaired) electrons. The van der Waals surface area contributed by atoms with Crippen LogP contribution >= 0.6 is 15.9 Å². The van der Waals surface area contributed by atoms with Crippen LogP contribution in [0.1, 0.15) is 52.0 Å². The number of halogens is 4. The number of ether oxygens (including phenoxy) is 2. The average molecular weight is 478 g/mol. The van der Waals surface area contributed by atoms with Crippen LogP contribution in [0.2, 0.25) is 0 Å². The van der Waals surface area contributed by atoms with Crippen molar-refractivity contribution < 1.29 is 27.4 Å². The van der Waals surface area contributed by atoms with E-state index in [-0.39, 0.29) is 21.7 Å². The first kappa shape index (κ1) is 22.2. The lowest BCUT2D eigenvalue weighted by Gasteiger charge is -2.52. The molecule has 1 saturated carbocycles. The van der Waals surface area contributed by atoms with Gasteiger partial charge in [-0.15, -0.1) is 0 Å². The number of carbonyl (C=O) groups excluding carboxylic acids is 1. The molecule has 29 heavy (non-hydrogen) atoms. The fraction of sp³-hybridized carbons (Fsp3) is 0.667. The highest BCUT2D eigenvalue weighted by Crippen LogP contribution is 2.52. The summed E-state index contributed by atoms with van der Waals surface area (Å²) < 4.78 is 50.1. The second-order valence-corrected chi connectivity index (χ2v) is 10.0. The van der Waals surface area contributed by atoms with E-state index in [0.717, 1.165) is 31.7 Å². The molecule has 162 valence electrons. The molecule has 1 aromatic carbocycles. The van der Waals surface area contributed by atoms with Crippen molar-refractivity contribution in [3.05, 3.63) is 28.2 Å². The summed E-state index contributed by atoms with van der Waals surface area (Å²) in [5, 5.41) is 0. The van der Waals surface area contributed by atoms with E-state index < -0.39 is 17.3 Å². The van der Waals surface area contributed by atoms with Crippen LogP contribution in [0, 0.1) is 11.3 Å². The molecule has 4 nitrogen and oxygen atoms in total. The summed E-state index contributed by atoms with van der Waals surface area (Å²) in [5.41, 5.74) is -0.998. The molecule has 1 saturated heterocycles. The Hall–Kier alpha value is -1.44. The van der Waals surface area contributed by atoms with Crippen molar-refractivity contribution in [3.63, 3.8) is 0 Å². The first-order valence-electron chi connectivity index (χ1n) is 9.84. The molecule has 0 bridgehead atoms. The highest BCUT2D eigenvalue weighted by atomic mass is 79.9. The van der Waals surface area contributed by atoms with Crippen LogP contribution in [0.25, 0.3) is 0 Å². The van der Waals surface area contributed by atoms with Gasteiger partial charge in [0.15, 0.2) is 0 Å². The predicted molar refractivity (Wildman–Crippen MR) is 107 cm³/mol. The summed E-state index contributed by atoms with van der Waals surface area (Å²) in [6, 6.07) is 3.96. The maximum absolute atomic E-state index is 13.0. The van der Waals surface area contributed by atoms with E-state index in [4.69, 9.17) is 9.47 Å². The zero-order chi connectivity index (χ0) is 21.4. The molecule has 2 fully saturated rings. The zero-order valence-corrected chi connectivity index (χ0v) is 18.5. The second-order valence-electron chi connectivity index (χ2n) is 9.19. The first-order valence-corrected chi connectivity index (χ1v) is 10.6. The molecule has 1 aromatic rings. The Kier molecular flexibility index (Phi) is 6.14. The zero-order valence-electron chi connectivity index (χ0n) is 16.9. The first-order chi connectivity index (χ1) is 13.4. The van der Waals surface area contributed by atoms with Crippen molar-refractivity contribution in [1.29, 1.82) is 0 Å². The third-order valence-corrected chi connectivity index (χ3v) is 6.34. The van der Waals surface area contributed by atoms with Gasteiger partial charge in [0.1, 0.15) is 11.4 Å². The lowest BCUT2D eigenvalue weighted by atomic mass is 9.58. The van der Waals surface area contributed by atoms with E-state index in [2.05, 4.69) is 15.9 Å². The minimum Gasteiger partial charge on any atom is -0.493 e. The molecule has 1 amide bonds. The lowest BCUT2D eigenvalue weighted by molar-refractivity contribution is -0.138. The number of nitrogens with zero attached hydrogens (tertiary/aromatic N) is 1. The molecule has 1 aliphatic heterocycles. The normalized spacial score (nSPS) is 19.8. The number of rotatable bonds is 3. The van der Waals surface area contributed by atoms with Crippen molar-refractivity contribution >= 4 is 22.0 Å². The average Bonchev–Trinajstić information content (AvgIpc) is 2.57. The lowest BCUT2D eigenvalue weighted by Crippen LogP contribution is -2.50. The summed E-state index contributed by atoms with van der Waals surface area (Å²) >= 11 is 2.94. The Morgan fingerprint density at radius 3 is 2.38 bits per heavy atom. The molecule has 1 heterocycles. The van der Waals surface area contributed by atoms with E-state index in [1.807, 2.05) is 20.8 Å².